The number of piperidine rings is 1. The predicted octanol–water partition coefficient (Wildman–Crippen LogP) is 0.637. The fourth-order valence-electron chi connectivity index (χ4n) is 3.75. The Morgan fingerprint density at radius 3 is 2.22 bits per heavy atom. The summed E-state index contributed by atoms with van der Waals surface area (Å²) >= 11 is 0. The van der Waals surface area contributed by atoms with Gasteiger partial charge in [0, 0.05) is 26.2 Å². The van der Waals surface area contributed by atoms with E-state index >= 15 is 0 Å². The summed E-state index contributed by atoms with van der Waals surface area (Å²) in [6.07, 6.45) is 1.22. The molecule has 0 bridgehead atoms. The van der Waals surface area contributed by atoms with Crippen LogP contribution in [0.1, 0.15) is 40.5 Å². The van der Waals surface area contributed by atoms with Crippen LogP contribution in [0, 0.1) is 5.41 Å². The zero-order chi connectivity index (χ0) is 17.4. The van der Waals surface area contributed by atoms with Crippen molar-refractivity contribution >= 4 is 17.8 Å². The molecule has 0 unspecified atom stereocenters. The number of likely N-dealkylation sites (N-methyl/N-ethyl adjacent to an activating group) is 1. The number of carbonyl (C=O) groups is 3. The minimum Gasteiger partial charge on any atom is -0.368 e. The highest BCUT2D eigenvalue weighted by Crippen LogP contribution is 2.37. The fourth-order valence-corrected chi connectivity index (χ4v) is 3.75. The number of hydrogen-bond acceptors (Lipinski definition) is 4. The number of hydrogen-bond donors (Lipinski definition) is 1. The highest BCUT2D eigenvalue weighted by molar-refractivity contribution is 6.09. The fraction of sp³-hybridized carbons (Fsp3) is 0.812. The average molecular weight is 324 g/mol. The topological polar surface area (TPSA) is 87.0 Å². The molecule has 7 nitrogen and oxygen atoms in total. The Morgan fingerprint density at radius 2 is 1.78 bits per heavy atom. The summed E-state index contributed by atoms with van der Waals surface area (Å²) in [4.78, 5) is 41.5. The Labute approximate surface area is 137 Å². The zero-order valence-corrected chi connectivity index (χ0v) is 14.6. The summed E-state index contributed by atoms with van der Waals surface area (Å²) in [5.74, 6) is -0.927. The number of primary amides is 1. The van der Waals surface area contributed by atoms with Crippen molar-refractivity contribution in [2.45, 2.75) is 46.1 Å². The number of rotatable bonds is 4. The molecule has 0 radical (unpaired) electrons. The first kappa shape index (κ1) is 17.7. The van der Waals surface area contributed by atoms with Crippen molar-refractivity contribution in [3.05, 3.63) is 0 Å². The summed E-state index contributed by atoms with van der Waals surface area (Å²) in [6, 6.07) is -0.388. The second-order valence-electron chi connectivity index (χ2n) is 7.75. The van der Waals surface area contributed by atoms with Crippen molar-refractivity contribution in [2.75, 3.05) is 32.7 Å². The molecule has 0 saturated carbocycles. The van der Waals surface area contributed by atoms with Gasteiger partial charge in [0.2, 0.25) is 5.91 Å². The van der Waals surface area contributed by atoms with E-state index in [-0.39, 0.29) is 23.9 Å². The number of carbonyl (C=O) groups excluding carboxylic acids is 3. The van der Waals surface area contributed by atoms with Crippen LogP contribution in [0.2, 0.25) is 0 Å². The van der Waals surface area contributed by atoms with Gasteiger partial charge in [-0.15, -0.1) is 0 Å². The Balaban J connectivity index is 2.16. The molecule has 2 N–H and O–H groups in total. The van der Waals surface area contributed by atoms with Gasteiger partial charge in [-0.3, -0.25) is 14.5 Å². The van der Waals surface area contributed by atoms with Gasteiger partial charge in [0.05, 0.1) is 0 Å². The van der Waals surface area contributed by atoms with E-state index in [4.69, 9.17) is 5.73 Å². The van der Waals surface area contributed by atoms with Crippen LogP contribution in [0.3, 0.4) is 0 Å². The Morgan fingerprint density at radius 1 is 1.22 bits per heavy atom. The lowest BCUT2D eigenvalue weighted by molar-refractivity contribution is -0.137. The maximum Gasteiger partial charge on any atom is 0.328 e. The van der Waals surface area contributed by atoms with Gasteiger partial charge in [0.1, 0.15) is 12.1 Å². The van der Waals surface area contributed by atoms with Gasteiger partial charge in [-0.25, -0.2) is 4.79 Å². The second kappa shape index (κ2) is 6.11. The minimum absolute atomic E-state index is 0.197. The van der Waals surface area contributed by atoms with Gasteiger partial charge < -0.3 is 15.5 Å². The normalized spacial score (nSPS) is 22.3. The number of amides is 4. The molecular weight excluding hydrogens is 296 g/mol. The van der Waals surface area contributed by atoms with Gasteiger partial charge >= 0.3 is 6.03 Å². The molecule has 2 aliphatic heterocycles. The highest BCUT2D eigenvalue weighted by Gasteiger charge is 2.57. The molecule has 130 valence electrons. The van der Waals surface area contributed by atoms with E-state index in [1.807, 2.05) is 6.92 Å². The standard InChI is InChI=1S/C16H28N4O3/c1-5-20-14(23)19(10-12(17)21)13(22)16(20)6-8-18(9-7-16)11-15(2,3)4/h5-11H2,1-4H3,(H2,17,21). The van der Waals surface area contributed by atoms with Crippen LogP contribution in [-0.2, 0) is 9.59 Å². The van der Waals surface area contributed by atoms with Gasteiger partial charge in [-0.1, -0.05) is 20.8 Å². The predicted molar refractivity (Wildman–Crippen MR) is 86.5 cm³/mol. The molecule has 0 aliphatic carbocycles. The van der Waals surface area contributed by atoms with E-state index in [0.717, 1.165) is 24.5 Å². The van der Waals surface area contributed by atoms with Crippen molar-refractivity contribution in [3.8, 4) is 0 Å². The van der Waals surface area contributed by atoms with Crippen molar-refractivity contribution < 1.29 is 14.4 Å². The van der Waals surface area contributed by atoms with Crippen LogP contribution in [0.4, 0.5) is 4.79 Å². The van der Waals surface area contributed by atoms with Gasteiger partial charge in [-0.05, 0) is 25.2 Å². The number of urea groups is 1. The molecule has 2 fully saturated rings. The maximum absolute atomic E-state index is 12.8. The summed E-state index contributed by atoms with van der Waals surface area (Å²) in [5.41, 5.74) is 4.58. The van der Waals surface area contributed by atoms with Crippen molar-refractivity contribution in [1.29, 1.82) is 0 Å². The molecule has 2 heterocycles. The first-order valence-electron chi connectivity index (χ1n) is 8.25. The largest absolute Gasteiger partial charge is 0.368 e. The van der Waals surface area contributed by atoms with E-state index in [1.54, 1.807) is 4.90 Å². The summed E-state index contributed by atoms with van der Waals surface area (Å²) < 4.78 is 0. The zero-order valence-electron chi connectivity index (χ0n) is 14.6. The molecule has 2 aliphatic rings. The van der Waals surface area contributed by atoms with Gasteiger partial charge in [0.25, 0.3) is 5.91 Å². The summed E-state index contributed by atoms with van der Waals surface area (Å²) in [5, 5.41) is 0. The first-order chi connectivity index (χ1) is 10.6. The lowest BCUT2D eigenvalue weighted by Crippen LogP contribution is -2.57. The van der Waals surface area contributed by atoms with Crippen LogP contribution in [0.15, 0.2) is 0 Å². The molecule has 2 saturated heterocycles. The van der Waals surface area contributed by atoms with E-state index in [9.17, 15) is 14.4 Å². The van der Waals surface area contributed by atoms with Crippen molar-refractivity contribution in [3.63, 3.8) is 0 Å². The molecule has 0 aromatic rings. The van der Waals surface area contributed by atoms with Gasteiger partial charge in [-0.2, -0.15) is 0 Å². The van der Waals surface area contributed by atoms with Crippen molar-refractivity contribution in [1.82, 2.24) is 14.7 Å². The van der Waals surface area contributed by atoms with Gasteiger partial charge in [0.15, 0.2) is 0 Å². The lowest BCUT2D eigenvalue weighted by atomic mass is 9.84. The quantitative estimate of drug-likeness (QED) is 0.769. The third-order valence-corrected chi connectivity index (χ3v) is 4.63. The monoisotopic (exact) mass is 324 g/mol. The molecule has 23 heavy (non-hydrogen) atoms. The Bertz CT molecular complexity index is 504. The second-order valence-corrected chi connectivity index (χ2v) is 7.75. The Kier molecular flexibility index (Phi) is 4.71. The smallest absolute Gasteiger partial charge is 0.328 e. The van der Waals surface area contributed by atoms with E-state index in [2.05, 4.69) is 25.7 Å². The first-order valence-corrected chi connectivity index (χ1v) is 8.25. The van der Waals surface area contributed by atoms with E-state index < -0.39 is 11.4 Å². The molecule has 0 aromatic carbocycles. The molecule has 1 spiro atoms. The lowest BCUT2D eigenvalue weighted by Gasteiger charge is -2.43. The molecule has 0 atom stereocenters. The average Bonchev–Trinajstić information content (AvgIpc) is 2.61. The number of nitrogens with two attached hydrogens (primary N) is 1. The van der Waals surface area contributed by atoms with Crippen LogP contribution in [0.5, 0.6) is 0 Å². The van der Waals surface area contributed by atoms with E-state index in [1.165, 1.54) is 0 Å². The SMILES string of the molecule is CCN1C(=O)N(CC(N)=O)C(=O)C12CCN(CC(C)(C)C)CC2. The Hall–Kier alpha value is -1.63. The molecular formula is C16H28N4O3. The number of imide groups is 1. The highest BCUT2D eigenvalue weighted by atomic mass is 16.2. The van der Waals surface area contributed by atoms with Crippen LogP contribution < -0.4 is 5.73 Å². The molecule has 4 amide bonds. The third kappa shape index (κ3) is 3.34. The van der Waals surface area contributed by atoms with Crippen LogP contribution in [-0.4, -0.2) is 70.8 Å². The molecule has 0 aromatic heterocycles. The molecule has 2 rings (SSSR count). The number of likely N-dealkylation sites (tertiary alicyclic amines) is 1. The maximum atomic E-state index is 12.8. The minimum atomic E-state index is -0.796. The van der Waals surface area contributed by atoms with Crippen molar-refractivity contribution in [2.24, 2.45) is 11.1 Å². The summed E-state index contributed by atoms with van der Waals surface area (Å²) in [7, 11) is 0. The third-order valence-electron chi connectivity index (χ3n) is 4.63. The van der Waals surface area contributed by atoms with E-state index in [0.29, 0.717) is 19.4 Å². The number of nitrogens with zero attached hydrogens (tertiary/aromatic N) is 3. The molecule has 7 heteroatoms. The van der Waals surface area contributed by atoms with Crippen LogP contribution >= 0.6 is 0 Å². The summed E-state index contributed by atoms with van der Waals surface area (Å²) in [6.45, 7) is 11.1. The van der Waals surface area contributed by atoms with Crippen LogP contribution in [0.25, 0.3) is 0 Å².